The Morgan fingerprint density at radius 3 is 2.21 bits per heavy atom. The Kier molecular flexibility index (Phi) is 15.9. The molecule has 0 aromatic heterocycles. The lowest BCUT2D eigenvalue weighted by Gasteiger charge is -2.48. The molecule has 0 N–H and O–H groups in total. The van der Waals surface area contributed by atoms with E-state index in [9.17, 15) is 9.59 Å². The molecule has 0 aromatic rings. The number of hydroxylamine groups is 2. The average Bonchev–Trinajstić information content (AvgIpc) is 2.88. The minimum Gasteiger partial charge on any atom is -0.314 e. The fourth-order valence-corrected chi connectivity index (χ4v) is 6.36. The van der Waals surface area contributed by atoms with E-state index in [0.717, 1.165) is 57.0 Å². The van der Waals surface area contributed by atoms with Crippen molar-refractivity contribution >= 4 is 24.1 Å². The van der Waals surface area contributed by atoms with Crippen LogP contribution in [0.4, 0.5) is 0 Å². The van der Waals surface area contributed by atoms with Gasteiger partial charge in [0.1, 0.15) is 12.5 Å². The highest BCUT2D eigenvalue weighted by Gasteiger charge is 2.42. The molecular weight excluding hydrogens is 510 g/mol. The van der Waals surface area contributed by atoms with Crippen LogP contribution >= 0.6 is 11.9 Å². The molecule has 0 aliphatic carbocycles. The van der Waals surface area contributed by atoms with Gasteiger partial charge in [0, 0.05) is 32.2 Å². The number of hydrogen-bond acceptors (Lipinski definition) is 8. The Hall–Kier alpha value is -0.710. The first kappa shape index (κ1) is 34.5. The van der Waals surface area contributed by atoms with E-state index in [1.165, 1.54) is 32.4 Å². The summed E-state index contributed by atoms with van der Waals surface area (Å²) >= 11 is 1.85. The molecule has 3 rings (SSSR count). The number of amides is 1. The molecule has 3 saturated heterocycles. The Morgan fingerprint density at radius 2 is 1.67 bits per heavy atom. The van der Waals surface area contributed by atoms with Crippen molar-refractivity contribution in [1.29, 1.82) is 0 Å². The van der Waals surface area contributed by atoms with Gasteiger partial charge < -0.3 is 14.6 Å². The van der Waals surface area contributed by atoms with Crippen LogP contribution in [-0.2, 0) is 14.4 Å². The summed E-state index contributed by atoms with van der Waals surface area (Å²) in [6, 6.07) is 0.497. The third-order valence-electron chi connectivity index (χ3n) is 8.06. The van der Waals surface area contributed by atoms with Crippen molar-refractivity contribution in [1.82, 2.24) is 24.1 Å². The molecule has 2 atom stereocenters. The zero-order chi connectivity index (χ0) is 28.9. The lowest BCUT2D eigenvalue weighted by Crippen LogP contribution is -2.65. The van der Waals surface area contributed by atoms with E-state index in [1.807, 2.05) is 11.9 Å². The first-order valence-corrected chi connectivity index (χ1v) is 16.6. The van der Waals surface area contributed by atoms with Gasteiger partial charge in [0.15, 0.2) is 6.10 Å². The van der Waals surface area contributed by atoms with Gasteiger partial charge >= 0.3 is 0 Å². The molecule has 3 aliphatic heterocycles. The third-order valence-corrected chi connectivity index (χ3v) is 8.94. The number of rotatable bonds is 12. The van der Waals surface area contributed by atoms with Crippen molar-refractivity contribution in [3.05, 3.63) is 0 Å². The number of carbonyl (C=O) groups excluding carboxylic acids is 2. The predicted octanol–water partition coefficient (Wildman–Crippen LogP) is 4.46. The number of carbonyl (C=O) groups is 2. The third kappa shape index (κ3) is 12.0. The lowest BCUT2D eigenvalue weighted by molar-refractivity contribution is -0.279. The molecule has 0 bridgehead atoms. The Balaban J connectivity index is 0.00000124. The number of nitrogens with zero attached hydrogens (tertiary/aromatic N) is 5. The minimum atomic E-state index is -0.496. The zero-order valence-electron chi connectivity index (χ0n) is 26.3. The fraction of sp³-hybridized carbons (Fsp3) is 0.933. The van der Waals surface area contributed by atoms with Crippen LogP contribution in [0.2, 0.25) is 0 Å². The zero-order valence-corrected chi connectivity index (χ0v) is 27.1. The topological polar surface area (TPSA) is 59.6 Å². The summed E-state index contributed by atoms with van der Waals surface area (Å²) in [7, 11) is 4.34. The first-order valence-electron chi connectivity index (χ1n) is 15.4. The van der Waals surface area contributed by atoms with Crippen molar-refractivity contribution in [3.63, 3.8) is 0 Å². The smallest absolute Gasteiger partial charge is 0.255 e. The predicted molar refractivity (Wildman–Crippen MR) is 163 cm³/mol. The molecule has 39 heavy (non-hydrogen) atoms. The second-order valence-electron chi connectivity index (χ2n) is 12.9. The van der Waals surface area contributed by atoms with E-state index in [0.29, 0.717) is 24.9 Å². The lowest BCUT2D eigenvalue weighted by atomic mass is 9.93. The molecular formula is C30H59N5O3S. The number of aldehydes is 1. The highest BCUT2D eigenvalue weighted by atomic mass is 32.2. The fourth-order valence-electron chi connectivity index (χ4n) is 5.78. The average molecular weight is 570 g/mol. The molecule has 3 aliphatic rings. The Morgan fingerprint density at radius 1 is 1.05 bits per heavy atom. The van der Waals surface area contributed by atoms with Crippen LogP contribution in [0.3, 0.4) is 0 Å². The van der Waals surface area contributed by atoms with E-state index in [-0.39, 0.29) is 18.6 Å². The maximum atomic E-state index is 13.4. The van der Waals surface area contributed by atoms with Crippen LogP contribution in [0.1, 0.15) is 79.6 Å². The summed E-state index contributed by atoms with van der Waals surface area (Å²) in [5, 5.41) is 2.06. The van der Waals surface area contributed by atoms with E-state index in [2.05, 4.69) is 74.1 Å². The van der Waals surface area contributed by atoms with Gasteiger partial charge in [-0.2, -0.15) is 5.06 Å². The van der Waals surface area contributed by atoms with E-state index in [1.54, 1.807) is 4.90 Å². The van der Waals surface area contributed by atoms with Crippen LogP contribution in [-0.4, -0.2) is 121 Å². The Bertz CT molecular complexity index is 693. The second kappa shape index (κ2) is 18.0. The summed E-state index contributed by atoms with van der Waals surface area (Å²) in [6.07, 6.45) is 10.0. The van der Waals surface area contributed by atoms with Crippen molar-refractivity contribution in [3.8, 4) is 0 Å². The summed E-state index contributed by atoms with van der Waals surface area (Å²) in [5.74, 6) is 1.92. The maximum absolute atomic E-state index is 13.4. The van der Waals surface area contributed by atoms with E-state index < -0.39 is 6.10 Å². The monoisotopic (exact) mass is 569 g/mol. The Labute approximate surface area is 244 Å². The van der Waals surface area contributed by atoms with Gasteiger partial charge in [0.05, 0.1) is 6.54 Å². The van der Waals surface area contributed by atoms with Crippen LogP contribution in [0.5, 0.6) is 0 Å². The van der Waals surface area contributed by atoms with Crippen LogP contribution in [0.25, 0.3) is 0 Å². The largest absolute Gasteiger partial charge is 0.314 e. The minimum absolute atomic E-state index is 0.0340. The normalized spacial score (nSPS) is 25.0. The summed E-state index contributed by atoms with van der Waals surface area (Å²) in [6.45, 7) is 16.9. The van der Waals surface area contributed by atoms with Crippen molar-refractivity contribution in [2.75, 3.05) is 66.2 Å². The first-order chi connectivity index (χ1) is 18.5. The molecule has 9 heteroatoms. The van der Waals surface area contributed by atoms with Gasteiger partial charge in [-0.15, -0.1) is 0 Å². The summed E-state index contributed by atoms with van der Waals surface area (Å²) < 4.78 is 2.46. The van der Waals surface area contributed by atoms with Gasteiger partial charge in [0.25, 0.3) is 5.91 Å². The van der Waals surface area contributed by atoms with Crippen molar-refractivity contribution in [2.24, 2.45) is 17.8 Å². The van der Waals surface area contributed by atoms with Gasteiger partial charge in [-0.3, -0.25) is 18.8 Å². The summed E-state index contributed by atoms with van der Waals surface area (Å²) in [4.78, 5) is 37.9. The van der Waals surface area contributed by atoms with Gasteiger partial charge in [-0.25, -0.2) is 0 Å². The van der Waals surface area contributed by atoms with E-state index in [4.69, 9.17) is 4.84 Å². The molecule has 3 fully saturated rings. The van der Waals surface area contributed by atoms with Crippen molar-refractivity contribution in [2.45, 2.75) is 97.9 Å². The highest BCUT2D eigenvalue weighted by molar-refractivity contribution is 7.96. The number of likely N-dealkylation sites (N-methyl/N-ethyl adjacent to an activating group) is 1. The SMILES string of the molecule is CC(C)C.CSN1CCC(CCCN2OC(CC(C)C)C(=O)N(CC=O)C2CN(C)C2CCN(C)CC2)CC1. The second-order valence-corrected chi connectivity index (χ2v) is 13.8. The molecule has 1 amide bonds. The van der Waals surface area contributed by atoms with Crippen LogP contribution < -0.4 is 0 Å². The molecule has 0 aromatic carbocycles. The summed E-state index contributed by atoms with van der Waals surface area (Å²) in [5.41, 5.74) is 0. The van der Waals surface area contributed by atoms with Gasteiger partial charge in [-0.05, 0) is 96.1 Å². The quantitative estimate of drug-likeness (QED) is 0.252. The van der Waals surface area contributed by atoms with E-state index >= 15 is 0 Å². The number of hydrogen-bond donors (Lipinski definition) is 0. The molecule has 0 saturated carbocycles. The van der Waals surface area contributed by atoms with Crippen molar-refractivity contribution < 1.29 is 14.4 Å². The molecule has 0 radical (unpaired) electrons. The number of likely N-dealkylation sites (tertiary alicyclic amines) is 1. The standard InChI is InChI=1S/C26H49N5O3S.C4H10/c1-21(2)19-24-26(33)30(17-18-32)25(20-28(4)23-10-13-27(3)14-11-23)31(34-24)12-6-7-22-8-15-29(35-5)16-9-22;1-4(2)3/h18,21-25H,6-17,19-20H2,1-5H3;4H,1-3H3. The molecule has 228 valence electrons. The maximum Gasteiger partial charge on any atom is 0.255 e. The molecule has 3 heterocycles. The number of piperidine rings is 2. The van der Waals surface area contributed by atoms with Gasteiger partial charge in [-0.1, -0.05) is 46.6 Å². The van der Waals surface area contributed by atoms with Gasteiger partial charge in [0.2, 0.25) is 0 Å². The molecule has 8 nitrogen and oxygen atoms in total. The van der Waals surface area contributed by atoms with Crippen LogP contribution in [0, 0.1) is 17.8 Å². The van der Waals surface area contributed by atoms with Crippen LogP contribution in [0.15, 0.2) is 0 Å². The highest BCUT2D eigenvalue weighted by Crippen LogP contribution is 2.28. The molecule has 2 unspecified atom stereocenters. The molecule has 0 spiro atoms.